The first-order valence-corrected chi connectivity index (χ1v) is 9.39. The van der Waals surface area contributed by atoms with Crippen LogP contribution >= 0.6 is 0 Å². The van der Waals surface area contributed by atoms with Gasteiger partial charge < -0.3 is 14.6 Å². The van der Waals surface area contributed by atoms with E-state index >= 15 is 0 Å². The summed E-state index contributed by atoms with van der Waals surface area (Å²) in [4.78, 5) is 4.35. The molecule has 3 unspecified atom stereocenters. The molecule has 130 valence electrons. The fourth-order valence-electron chi connectivity index (χ4n) is 3.35. The fraction of sp³-hybridized carbons (Fsp3) is 0.786. The number of aromatic nitrogens is 2. The number of nitrogens with zero attached hydrogens (tertiary/aromatic N) is 4. The molecular formula is C14H25N5O3S. The van der Waals surface area contributed by atoms with Crippen molar-refractivity contribution in [2.75, 3.05) is 32.7 Å². The Morgan fingerprint density at radius 3 is 2.61 bits per heavy atom. The Bertz CT molecular complexity index is 637. The van der Waals surface area contributed by atoms with E-state index in [-0.39, 0.29) is 18.2 Å². The minimum atomic E-state index is -3.55. The zero-order valence-corrected chi connectivity index (χ0v) is 14.7. The molecule has 2 aliphatic heterocycles. The minimum absolute atomic E-state index is 0.0944. The highest BCUT2D eigenvalue weighted by Crippen LogP contribution is 2.27. The Morgan fingerprint density at radius 2 is 2.00 bits per heavy atom. The zero-order chi connectivity index (χ0) is 16.6. The van der Waals surface area contributed by atoms with Crippen LogP contribution in [0.4, 0.5) is 0 Å². The predicted octanol–water partition coefficient (Wildman–Crippen LogP) is -0.280. The second-order valence-electron chi connectivity index (χ2n) is 6.31. The number of piperazine rings is 1. The van der Waals surface area contributed by atoms with Crippen LogP contribution in [-0.2, 0) is 22.0 Å². The van der Waals surface area contributed by atoms with E-state index in [1.165, 1.54) is 0 Å². The van der Waals surface area contributed by atoms with Crippen molar-refractivity contribution in [1.29, 1.82) is 0 Å². The third-order valence-corrected chi connectivity index (χ3v) is 6.34. The van der Waals surface area contributed by atoms with Crippen LogP contribution in [0.25, 0.3) is 0 Å². The summed E-state index contributed by atoms with van der Waals surface area (Å²) in [6.07, 6.45) is 3.35. The molecule has 1 N–H and O–H groups in total. The first-order chi connectivity index (χ1) is 10.9. The Hall–Kier alpha value is -1.00. The van der Waals surface area contributed by atoms with Crippen LogP contribution in [0.1, 0.15) is 25.7 Å². The van der Waals surface area contributed by atoms with Crippen molar-refractivity contribution >= 4 is 10.2 Å². The van der Waals surface area contributed by atoms with Crippen molar-refractivity contribution in [3.8, 4) is 0 Å². The summed E-state index contributed by atoms with van der Waals surface area (Å²) < 4.78 is 37.0. The SMILES string of the molecule is CC1CN(S(=O)(=O)N2CCNCC2c2nccn2C)CC(C)O1. The van der Waals surface area contributed by atoms with Gasteiger partial charge in [0.05, 0.1) is 18.2 Å². The molecule has 0 amide bonds. The van der Waals surface area contributed by atoms with Crippen molar-refractivity contribution in [1.82, 2.24) is 23.5 Å². The van der Waals surface area contributed by atoms with Crippen LogP contribution in [0.5, 0.6) is 0 Å². The molecule has 0 saturated carbocycles. The van der Waals surface area contributed by atoms with E-state index < -0.39 is 10.2 Å². The van der Waals surface area contributed by atoms with Gasteiger partial charge in [-0.05, 0) is 13.8 Å². The van der Waals surface area contributed by atoms with Gasteiger partial charge in [0.2, 0.25) is 0 Å². The number of ether oxygens (including phenoxy) is 1. The number of nitrogens with one attached hydrogen (secondary N) is 1. The summed E-state index contributed by atoms with van der Waals surface area (Å²) in [6, 6.07) is -0.290. The van der Waals surface area contributed by atoms with E-state index in [4.69, 9.17) is 4.74 Å². The van der Waals surface area contributed by atoms with Gasteiger partial charge >= 0.3 is 0 Å². The average Bonchev–Trinajstić information content (AvgIpc) is 2.92. The third kappa shape index (κ3) is 3.29. The molecule has 0 bridgehead atoms. The summed E-state index contributed by atoms with van der Waals surface area (Å²) in [6.45, 7) is 6.27. The van der Waals surface area contributed by atoms with E-state index in [1.807, 2.05) is 31.7 Å². The van der Waals surface area contributed by atoms with Gasteiger partial charge in [0.1, 0.15) is 5.82 Å². The Balaban J connectivity index is 1.88. The summed E-state index contributed by atoms with van der Waals surface area (Å²) >= 11 is 0. The summed E-state index contributed by atoms with van der Waals surface area (Å²) in [5, 5.41) is 3.27. The molecule has 1 aromatic rings. The third-order valence-electron chi connectivity index (χ3n) is 4.36. The lowest BCUT2D eigenvalue weighted by molar-refractivity contribution is -0.0459. The van der Waals surface area contributed by atoms with Crippen LogP contribution in [0.2, 0.25) is 0 Å². The van der Waals surface area contributed by atoms with Gasteiger partial charge in [-0.2, -0.15) is 17.0 Å². The predicted molar refractivity (Wildman–Crippen MR) is 86.0 cm³/mol. The first-order valence-electron chi connectivity index (χ1n) is 8.00. The topological polar surface area (TPSA) is 79.7 Å². The van der Waals surface area contributed by atoms with E-state index in [0.29, 0.717) is 32.7 Å². The molecule has 0 aliphatic carbocycles. The standard InChI is InChI=1S/C14H25N5O3S/c1-11-9-18(10-12(2)22-11)23(20,21)19-7-4-15-8-13(19)14-16-5-6-17(14)3/h5-6,11-13,15H,4,7-10H2,1-3H3. The van der Waals surface area contributed by atoms with Crippen molar-refractivity contribution in [3.63, 3.8) is 0 Å². The number of hydrogen-bond donors (Lipinski definition) is 1. The van der Waals surface area contributed by atoms with Crippen LogP contribution in [0.3, 0.4) is 0 Å². The maximum absolute atomic E-state index is 13.2. The molecule has 2 fully saturated rings. The maximum Gasteiger partial charge on any atom is 0.282 e. The largest absolute Gasteiger partial charge is 0.373 e. The van der Waals surface area contributed by atoms with Crippen LogP contribution in [-0.4, -0.2) is 71.5 Å². The molecule has 8 nitrogen and oxygen atoms in total. The van der Waals surface area contributed by atoms with Crippen molar-refractivity contribution in [2.24, 2.45) is 7.05 Å². The number of aryl methyl sites for hydroxylation is 1. The Kier molecular flexibility index (Phi) is 4.75. The van der Waals surface area contributed by atoms with E-state index in [1.54, 1.807) is 14.8 Å². The van der Waals surface area contributed by atoms with Gasteiger partial charge in [-0.15, -0.1) is 0 Å². The van der Waals surface area contributed by atoms with Crippen molar-refractivity contribution in [3.05, 3.63) is 18.2 Å². The molecule has 2 aliphatic rings. The molecule has 3 rings (SSSR count). The van der Waals surface area contributed by atoms with Gasteiger partial charge in [-0.3, -0.25) is 0 Å². The van der Waals surface area contributed by atoms with E-state index in [2.05, 4.69) is 10.3 Å². The van der Waals surface area contributed by atoms with Gasteiger partial charge in [-0.1, -0.05) is 0 Å². The van der Waals surface area contributed by atoms with E-state index in [0.717, 1.165) is 5.82 Å². The monoisotopic (exact) mass is 343 g/mol. The lowest BCUT2D eigenvalue weighted by Crippen LogP contribution is -2.57. The highest BCUT2D eigenvalue weighted by molar-refractivity contribution is 7.86. The lowest BCUT2D eigenvalue weighted by atomic mass is 10.2. The summed E-state index contributed by atoms with van der Waals surface area (Å²) in [5.41, 5.74) is 0. The van der Waals surface area contributed by atoms with Gasteiger partial charge in [-0.25, -0.2) is 4.98 Å². The van der Waals surface area contributed by atoms with Crippen molar-refractivity contribution in [2.45, 2.75) is 32.1 Å². The summed E-state index contributed by atoms with van der Waals surface area (Å²) in [5.74, 6) is 0.759. The number of rotatable bonds is 3. The molecule has 0 aromatic carbocycles. The highest BCUT2D eigenvalue weighted by atomic mass is 32.2. The number of hydrogen-bond acceptors (Lipinski definition) is 5. The van der Waals surface area contributed by atoms with Gasteiger partial charge in [0.25, 0.3) is 10.2 Å². The quantitative estimate of drug-likeness (QED) is 0.817. The van der Waals surface area contributed by atoms with Crippen molar-refractivity contribution < 1.29 is 13.2 Å². The van der Waals surface area contributed by atoms with Gasteiger partial charge in [0, 0.05) is 52.2 Å². The number of morpholine rings is 1. The molecule has 3 heterocycles. The average molecular weight is 343 g/mol. The molecule has 9 heteroatoms. The van der Waals surface area contributed by atoms with E-state index in [9.17, 15) is 8.42 Å². The summed E-state index contributed by atoms with van der Waals surface area (Å²) in [7, 11) is -1.66. The molecule has 1 aromatic heterocycles. The zero-order valence-electron chi connectivity index (χ0n) is 13.8. The Labute approximate surface area is 137 Å². The van der Waals surface area contributed by atoms with Gasteiger partial charge in [0.15, 0.2) is 0 Å². The smallest absolute Gasteiger partial charge is 0.282 e. The molecule has 0 radical (unpaired) electrons. The molecule has 0 spiro atoms. The van der Waals surface area contributed by atoms with Crippen LogP contribution < -0.4 is 5.32 Å². The van der Waals surface area contributed by atoms with Crippen LogP contribution in [0, 0.1) is 0 Å². The Morgan fingerprint density at radius 1 is 1.30 bits per heavy atom. The highest BCUT2D eigenvalue weighted by Gasteiger charge is 2.41. The molecule has 23 heavy (non-hydrogen) atoms. The second-order valence-corrected chi connectivity index (χ2v) is 8.19. The fourth-order valence-corrected chi connectivity index (χ4v) is 5.25. The first kappa shape index (κ1) is 16.8. The molecular weight excluding hydrogens is 318 g/mol. The molecule has 2 saturated heterocycles. The van der Waals surface area contributed by atoms with Crippen LogP contribution in [0.15, 0.2) is 12.4 Å². The normalized spacial score (nSPS) is 31.3. The lowest BCUT2D eigenvalue weighted by Gasteiger charge is -2.41. The second kappa shape index (κ2) is 6.48. The molecule has 3 atom stereocenters. The number of imidazole rings is 1. The minimum Gasteiger partial charge on any atom is -0.373 e. The maximum atomic E-state index is 13.2.